The molecule has 162 valence electrons. The summed E-state index contributed by atoms with van der Waals surface area (Å²) in [7, 11) is 1.41. The van der Waals surface area contributed by atoms with E-state index >= 15 is 0 Å². The maximum atomic E-state index is 12.2. The minimum Gasteiger partial charge on any atom is -0.468 e. The molecule has 1 amide bonds. The highest BCUT2D eigenvalue weighted by Crippen LogP contribution is 2.44. The molecule has 0 saturated heterocycles. The van der Waals surface area contributed by atoms with Crippen LogP contribution in [0.3, 0.4) is 0 Å². The molecule has 1 atom stereocenters. The zero-order chi connectivity index (χ0) is 22.1. The van der Waals surface area contributed by atoms with E-state index in [9.17, 15) is 14.4 Å². The van der Waals surface area contributed by atoms with Crippen LogP contribution in [0.25, 0.3) is 11.1 Å². The van der Waals surface area contributed by atoms with Crippen LogP contribution in [0.1, 0.15) is 36.3 Å². The van der Waals surface area contributed by atoms with Gasteiger partial charge in [0.2, 0.25) is 0 Å². The van der Waals surface area contributed by atoms with E-state index in [0.29, 0.717) is 32.0 Å². The Kier molecular flexibility index (Phi) is 8.23. The van der Waals surface area contributed by atoms with Crippen molar-refractivity contribution in [3.63, 3.8) is 0 Å². The molecule has 0 aromatic heterocycles. The first-order chi connectivity index (χ1) is 15.2. The number of methoxy groups -OCH3 is 1. The Bertz CT molecular complexity index is 875. The zero-order valence-electron chi connectivity index (χ0n) is 17.6. The van der Waals surface area contributed by atoms with Gasteiger partial charge in [-0.3, -0.25) is 4.79 Å². The van der Waals surface area contributed by atoms with E-state index in [2.05, 4.69) is 34.8 Å². The van der Waals surface area contributed by atoms with Crippen molar-refractivity contribution in [2.75, 3.05) is 20.3 Å². The van der Waals surface area contributed by atoms with Crippen LogP contribution in [0.2, 0.25) is 0 Å². The topological polar surface area (TPSA) is 93.7 Å². The van der Waals surface area contributed by atoms with Gasteiger partial charge in [-0.05, 0) is 41.5 Å². The molecule has 0 bridgehead atoms. The molecule has 2 aromatic rings. The van der Waals surface area contributed by atoms with Crippen LogP contribution in [0.15, 0.2) is 48.5 Å². The number of nitrogens with one attached hydrogen (secondary N) is 2. The van der Waals surface area contributed by atoms with E-state index in [1.165, 1.54) is 29.4 Å². The maximum Gasteiger partial charge on any atom is 0.407 e. The second kappa shape index (κ2) is 11.3. The van der Waals surface area contributed by atoms with Gasteiger partial charge < -0.3 is 24.8 Å². The number of rotatable bonds is 11. The number of carbonyl (C=O) groups excluding carboxylic acids is 3. The third-order valence-corrected chi connectivity index (χ3v) is 5.47. The van der Waals surface area contributed by atoms with Gasteiger partial charge in [-0.2, -0.15) is 0 Å². The molecule has 0 radical (unpaired) electrons. The van der Waals surface area contributed by atoms with Gasteiger partial charge in [-0.15, -0.1) is 0 Å². The van der Waals surface area contributed by atoms with Gasteiger partial charge in [0, 0.05) is 12.5 Å². The van der Waals surface area contributed by atoms with E-state index in [1.54, 1.807) is 0 Å². The van der Waals surface area contributed by atoms with Gasteiger partial charge in [-0.25, -0.2) is 4.79 Å². The van der Waals surface area contributed by atoms with Crippen LogP contribution in [-0.2, 0) is 19.1 Å². The van der Waals surface area contributed by atoms with Crippen molar-refractivity contribution in [2.45, 2.75) is 31.2 Å². The molecule has 0 aliphatic heterocycles. The summed E-state index contributed by atoms with van der Waals surface area (Å²) in [6, 6.07) is 15.9. The lowest BCUT2D eigenvalue weighted by Crippen LogP contribution is -2.40. The monoisotopic (exact) mass is 422 g/mol. The number of carbonyl (C=O) groups is 3. The fraction of sp³-hybridized carbons (Fsp3) is 0.348. The number of unbranched alkanes of at least 4 members (excludes halogenated alkanes) is 1. The fourth-order valence-electron chi connectivity index (χ4n) is 3.95. The maximum absolute atomic E-state index is 12.2. The minimum absolute atomic E-state index is 0.0304. The van der Waals surface area contributed by atoms with Gasteiger partial charge in [0.15, 0.2) is 0 Å². The Morgan fingerprint density at radius 2 is 1.71 bits per heavy atom. The molecular weight excluding hydrogens is 395 g/mol. The Morgan fingerprint density at radius 3 is 2.32 bits per heavy atom. The number of esters is 1. The summed E-state index contributed by atoms with van der Waals surface area (Å²) < 4.78 is 10.2. The van der Waals surface area contributed by atoms with Crippen molar-refractivity contribution < 1.29 is 23.9 Å². The quantitative estimate of drug-likeness (QED) is 0.250. The van der Waals surface area contributed by atoms with Crippen LogP contribution in [0.5, 0.6) is 0 Å². The van der Waals surface area contributed by atoms with Crippen LogP contribution >= 0.6 is 0 Å². The van der Waals surface area contributed by atoms with Crippen LogP contribution in [0.4, 0.5) is 4.79 Å². The molecule has 2 aromatic carbocycles. The summed E-state index contributed by atoms with van der Waals surface area (Å²) in [5.41, 5.74) is 4.73. The van der Waals surface area contributed by atoms with Crippen molar-refractivity contribution in [3.05, 3.63) is 59.7 Å². The van der Waals surface area contributed by atoms with Crippen LogP contribution in [0, 0.1) is 0 Å². The molecule has 0 heterocycles. The molecule has 1 unspecified atom stereocenters. The Morgan fingerprint density at radius 1 is 1.06 bits per heavy atom. The highest BCUT2D eigenvalue weighted by Gasteiger charge is 2.28. The van der Waals surface area contributed by atoms with Gasteiger partial charge in [-0.1, -0.05) is 48.5 Å². The number of fused-ring (bicyclic) bond motifs is 3. The van der Waals surface area contributed by atoms with Gasteiger partial charge >= 0.3 is 12.1 Å². The molecule has 3 rings (SSSR count). The summed E-state index contributed by atoms with van der Waals surface area (Å²) in [4.78, 5) is 34.3. The highest BCUT2D eigenvalue weighted by atomic mass is 16.5. The smallest absolute Gasteiger partial charge is 0.407 e. The lowest BCUT2D eigenvalue weighted by molar-refractivity contribution is -0.142. The van der Waals surface area contributed by atoms with Crippen molar-refractivity contribution in [1.82, 2.24) is 10.5 Å². The average molecular weight is 422 g/mol. The van der Waals surface area contributed by atoms with E-state index in [-0.39, 0.29) is 19.9 Å². The zero-order valence-corrected chi connectivity index (χ0v) is 17.6. The summed E-state index contributed by atoms with van der Waals surface area (Å²) >= 11 is 0. The van der Waals surface area contributed by atoms with Crippen molar-refractivity contribution >= 4 is 25.7 Å². The number of hydrogen-bond acceptors (Lipinski definition) is 6. The molecule has 31 heavy (non-hydrogen) atoms. The fourth-order valence-corrected chi connectivity index (χ4v) is 3.95. The first-order valence-corrected chi connectivity index (χ1v) is 10.5. The number of hydrogen-bond donors (Lipinski definition) is 2. The lowest BCUT2D eigenvalue weighted by atomic mass is 9.95. The number of benzene rings is 2. The molecule has 1 aliphatic carbocycles. The van der Waals surface area contributed by atoms with Gasteiger partial charge in [0.25, 0.3) is 7.41 Å². The summed E-state index contributed by atoms with van der Waals surface area (Å²) in [5, 5.41) is 5.59. The lowest BCUT2D eigenvalue weighted by Gasteiger charge is -2.15. The number of amides is 1. The number of alkyl carbamates (subject to hydrolysis) is 1. The third-order valence-electron chi connectivity index (χ3n) is 5.47. The molecule has 0 saturated carbocycles. The molecule has 0 fully saturated rings. The molecule has 2 N–H and O–H groups in total. The molecular formula is C23H27BN2O5. The summed E-state index contributed by atoms with van der Waals surface area (Å²) in [5.74, 6) is -0.366. The second-order valence-electron chi connectivity index (χ2n) is 7.40. The van der Waals surface area contributed by atoms with Crippen molar-refractivity contribution in [2.24, 2.45) is 0 Å². The SMILES string of the molecule is COC(=O)C(CCCCNC(=O)OCC1c2ccccc2-c2ccccc21)NBC=O. The summed E-state index contributed by atoms with van der Waals surface area (Å²) in [6.07, 6.45) is 2.14. The first kappa shape index (κ1) is 22.6. The highest BCUT2D eigenvalue weighted by molar-refractivity contribution is 6.64. The van der Waals surface area contributed by atoms with E-state index in [4.69, 9.17) is 9.47 Å². The predicted octanol–water partition coefficient (Wildman–Crippen LogP) is 2.37. The molecule has 7 nitrogen and oxygen atoms in total. The normalized spacial score (nSPS) is 12.9. The Labute approximate surface area is 182 Å². The van der Waals surface area contributed by atoms with Crippen molar-refractivity contribution in [1.29, 1.82) is 0 Å². The largest absolute Gasteiger partial charge is 0.468 e. The van der Waals surface area contributed by atoms with Crippen molar-refractivity contribution in [3.8, 4) is 11.1 Å². The third kappa shape index (κ3) is 5.73. The molecule has 1 aliphatic rings. The van der Waals surface area contributed by atoms with Crippen LogP contribution in [-0.4, -0.2) is 52.0 Å². The standard InChI is InChI=1S/C23H27BN2O5/c1-30-22(28)21(26-24-15-27)12-6-7-13-25-23(29)31-14-20-18-10-4-2-8-16(18)17-9-3-5-11-19(17)20/h2-5,8-11,15,20-21,24,26H,6-7,12-14H2,1H3,(H,25,29). The van der Waals surface area contributed by atoms with E-state index < -0.39 is 18.1 Å². The minimum atomic E-state index is -0.523. The Hall–Kier alpha value is -3.13. The average Bonchev–Trinajstić information content (AvgIpc) is 3.12. The van der Waals surface area contributed by atoms with E-state index in [1.807, 2.05) is 24.3 Å². The van der Waals surface area contributed by atoms with E-state index in [0.717, 1.165) is 0 Å². The number of ether oxygens (including phenoxy) is 2. The summed E-state index contributed by atoms with van der Waals surface area (Å²) in [6.45, 7) is 0.720. The first-order valence-electron chi connectivity index (χ1n) is 10.5. The second-order valence-corrected chi connectivity index (χ2v) is 7.40. The molecule has 8 heteroatoms. The van der Waals surface area contributed by atoms with Crippen LogP contribution < -0.4 is 10.5 Å². The molecule has 0 spiro atoms. The predicted molar refractivity (Wildman–Crippen MR) is 120 cm³/mol. The van der Waals surface area contributed by atoms with Gasteiger partial charge in [0.05, 0.1) is 19.3 Å². The Balaban J connectivity index is 1.42. The van der Waals surface area contributed by atoms with Gasteiger partial charge in [0.1, 0.15) is 6.61 Å².